The molecule has 2 aliphatic heterocycles. The van der Waals surface area contributed by atoms with Crippen molar-refractivity contribution in [2.24, 2.45) is 5.41 Å². The molecule has 34 heavy (non-hydrogen) atoms. The summed E-state index contributed by atoms with van der Waals surface area (Å²) in [5.74, 6) is -0.222. The highest BCUT2D eigenvalue weighted by Gasteiger charge is 2.50. The summed E-state index contributed by atoms with van der Waals surface area (Å²) < 4.78 is 68.4. The van der Waals surface area contributed by atoms with Crippen LogP contribution in [0.1, 0.15) is 43.2 Å². The lowest BCUT2D eigenvalue weighted by Gasteiger charge is -2.39. The van der Waals surface area contributed by atoms with Crippen molar-refractivity contribution in [2.75, 3.05) is 38.6 Å². The Hall–Kier alpha value is -2.36. The largest absolute Gasteiger partial charge is 0.417 e. The third kappa shape index (κ3) is 4.74. The Bertz CT molecular complexity index is 1100. The van der Waals surface area contributed by atoms with E-state index in [-0.39, 0.29) is 30.7 Å². The van der Waals surface area contributed by atoms with Gasteiger partial charge in [-0.05, 0) is 55.7 Å². The Kier molecular flexibility index (Phi) is 6.33. The molecule has 1 amide bonds. The van der Waals surface area contributed by atoms with Crippen molar-refractivity contribution >= 4 is 21.8 Å². The first kappa shape index (κ1) is 24.8. The Morgan fingerprint density at radius 1 is 1.24 bits per heavy atom. The zero-order chi connectivity index (χ0) is 24.9. The summed E-state index contributed by atoms with van der Waals surface area (Å²) in [7, 11) is -0.620. The van der Waals surface area contributed by atoms with Gasteiger partial charge >= 0.3 is 6.18 Å². The second-order valence-corrected chi connectivity index (χ2v) is 11.8. The molecular formula is C22H28F3N5O3S. The summed E-state index contributed by atoms with van der Waals surface area (Å²) in [6, 6.07) is 4.57. The van der Waals surface area contributed by atoms with Crippen LogP contribution < -0.4 is 10.2 Å². The number of alkyl halides is 3. The minimum absolute atomic E-state index is 0.102. The fourth-order valence-corrected chi connectivity index (χ4v) is 6.02. The lowest BCUT2D eigenvalue weighted by Crippen LogP contribution is -2.48. The number of hydrogen-bond donors (Lipinski definition) is 1. The maximum atomic E-state index is 13.6. The van der Waals surface area contributed by atoms with E-state index in [9.17, 15) is 26.4 Å². The molecule has 12 heteroatoms. The van der Waals surface area contributed by atoms with Crippen molar-refractivity contribution in [3.63, 3.8) is 0 Å². The molecule has 1 aliphatic carbocycles. The van der Waals surface area contributed by atoms with E-state index in [4.69, 9.17) is 5.26 Å². The number of carbonyl (C=O) groups is 1. The van der Waals surface area contributed by atoms with Crippen LogP contribution >= 0.6 is 0 Å². The average molecular weight is 500 g/mol. The van der Waals surface area contributed by atoms with Crippen molar-refractivity contribution in [1.29, 1.82) is 5.26 Å². The molecule has 1 atom stereocenters. The standard InChI is InChI=1S/C22H28F3N5O3S/c1-28(2)34(32,33)29-9-7-21(8-10-29)12-19(20(31)27-16-4-5-16)30(14-21)17-6-3-15(13-26)18(11-17)22(23,24)25/h3,6,11,16,19H,4-5,7-10,12,14H2,1-2H3,(H,27,31). The summed E-state index contributed by atoms with van der Waals surface area (Å²) in [5, 5.41) is 12.1. The fraction of sp³-hybridized carbons (Fsp3) is 0.636. The van der Waals surface area contributed by atoms with Crippen LogP contribution in [-0.4, -0.2) is 68.7 Å². The number of benzene rings is 1. The molecule has 4 rings (SSSR count). The predicted octanol–water partition coefficient (Wildman–Crippen LogP) is 2.32. The van der Waals surface area contributed by atoms with E-state index in [1.165, 1.54) is 24.5 Å². The van der Waals surface area contributed by atoms with Gasteiger partial charge in [-0.1, -0.05) is 0 Å². The van der Waals surface area contributed by atoms with Gasteiger partial charge in [-0.3, -0.25) is 4.79 Å². The van der Waals surface area contributed by atoms with E-state index in [1.54, 1.807) is 11.0 Å². The molecule has 0 radical (unpaired) electrons. The Balaban J connectivity index is 1.63. The SMILES string of the molecule is CN(C)S(=O)(=O)N1CCC2(CC1)CC(C(=O)NC1CC1)N(c1ccc(C#N)c(C(F)(F)F)c1)C2. The number of hydrogen-bond acceptors (Lipinski definition) is 5. The second-order valence-electron chi connectivity index (χ2n) is 9.66. The van der Waals surface area contributed by atoms with Crippen LogP contribution in [0.15, 0.2) is 18.2 Å². The van der Waals surface area contributed by atoms with E-state index in [0.29, 0.717) is 25.8 Å². The monoisotopic (exact) mass is 499 g/mol. The number of nitriles is 1. The van der Waals surface area contributed by atoms with E-state index >= 15 is 0 Å². The van der Waals surface area contributed by atoms with Crippen molar-refractivity contribution in [1.82, 2.24) is 13.9 Å². The van der Waals surface area contributed by atoms with Gasteiger partial charge in [0.25, 0.3) is 10.2 Å². The molecule has 1 saturated carbocycles. The zero-order valence-corrected chi connectivity index (χ0v) is 19.9. The van der Waals surface area contributed by atoms with Gasteiger partial charge in [-0.25, -0.2) is 0 Å². The second kappa shape index (κ2) is 8.70. The van der Waals surface area contributed by atoms with Crippen LogP contribution in [0.2, 0.25) is 0 Å². The number of rotatable bonds is 5. The molecule has 2 saturated heterocycles. The summed E-state index contributed by atoms with van der Waals surface area (Å²) in [6.45, 7) is 0.910. The molecule has 2 heterocycles. The first-order chi connectivity index (χ1) is 15.9. The van der Waals surface area contributed by atoms with Gasteiger partial charge in [0.1, 0.15) is 6.04 Å². The first-order valence-corrected chi connectivity index (χ1v) is 12.6. The van der Waals surface area contributed by atoms with E-state index < -0.39 is 39.0 Å². The number of nitrogens with zero attached hydrogens (tertiary/aromatic N) is 4. The zero-order valence-electron chi connectivity index (χ0n) is 19.1. The Morgan fingerprint density at radius 3 is 2.41 bits per heavy atom. The van der Waals surface area contributed by atoms with Crippen LogP contribution in [0.4, 0.5) is 18.9 Å². The molecule has 3 aliphatic rings. The van der Waals surface area contributed by atoms with Gasteiger partial charge in [0.2, 0.25) is 5.91 Å². The highest BCUT2D eigenvalue weighted by molar-refractivity contribution is 7.86. The lowest BCUT2D eigenvalue weighted by atomic mass is 9.77. The van der Waals surface area contributed by atoms with Crippen molar-refractivity contribution in [2.45, 2.75) is 50.4 Å². The van der Waals surface area contributed by atoms with E-state index in [2.05, 4.69) is 5.32 Å². The van der Waals surface area contributed by atoms with Gasteiger partial charge in [0.15, 0.2) is 0 Å². The van der Waals surface area contributed by atoms with Gasteiger partial charge in [-0.15, -0.1) is 0 Å². The number of halogens is 3. The number of nitrogens with one attached hydrogen (secondary N) is 1. The molecule has 1 unspecified atom stereocenters. The average Bonchev–Trinajstić information content (AvgIpc) is 3.52. The summed E-state index contributed by atoms with van der Waals surface area (Å²) >= 11 is 0. The van der Waals surface area contributed by atoms with Gasteiger partial charge in [0, 0.05) is 45.5 Å². The molecule has 1 spiro atoms. The van der Waals surface area contributed by atoms with E-state index in [0.717, 1.165) is 29.3 Å². The number of amides is 1. The highest BCUT2D eigenvalue weighted by atomic mass is 32.2. The maximum Gasteiger partial charge on any atom is 0.417 e. The minimum Gasteiger partial charge on any atom is -0.359 e. The Labute approximate surface area is 197 Å². The van der Waals surface area contributed by atoms with E-state index in [1.807, 2.05) is 0 Å². The lowest BCUT2D eigenvalue weighted by molar-refractivity contribution is -0.137. The molecular weight excluding hydrogens is 471 g/mol. The fourth-order valence-electron chi connectivity index (χ4n) is 4.91. The smallest absolute Gasteiger partial charge is 0.359 e. The van der Waals surface area contributed by atoms with Crippen LogP contribution in [-0.2, 0) is 21.2 Å². The topological polar surface area (TPSA) is 96.8 Å². The third-order valence-electron chi connectivity index (χ3n) is 7.07. The molecule has 1 N–H and O–H groups in total. The third-order valence-corrected chi connectivity index (χ3v) is 9.01. The quantitative estimate of drug-likeness (QED) is 0.671. The van der Waals surface area contributed by atoms with Crippen molar-refractivity contribution < 1.29 is 26.4 Å². The van der Waals surface area contributed by atoms with Gasteiger partial charge in [0.05, 0.1) is 17.2 Å². The van der Waals surface area contributed by atoms with Crippen LogP contribution in [0, 0.1) is 16.7 Å². The van der Waals surface area contributed by atoms with Gasteiger partial charge < -0.3 is 10.2 Å². The minimum atomic E-state index is -4.70. The molecule has 0 aromatic heterocycles. The summed E-state index contributed by atoms with van der Waals surface area (Å²) in [5.41, 5.74) is -1.65. The van der Waals surface area contributed by atoms with Crippen LogP contribution in [0.25, 0.3) is 0 Å². The molecule has 186 valence electrons. The van der Waals surface area contributed by atoms with Crippen LogP contribution in [0.5, 0.6) is 0 Å². The predicted molar refractivity (Wildman–Crippen MR) is 119 cm³/mol. The Morgan fingerprint density at radius 2 is 1.88 bits per heavy atom. The molecule has 8 nitrogen and oxygen atoms in total. The molecule has 3 fully saturated rings. The molecule has 0 bridgehead atoms. The summed E-state index contributed by atoms with van der Waals surface area (Å²) in [4.78, 5) is 14.8. The molecule has 1 aromatic carbocycles. The summed E-state index contributed by atoms with van der Waals surface area (Å²) in [6.07, 6.45) is -1.48. The van der Waals surface area contributed by atoms with Crippen molar-refractivity contribution in [3.8, 4) is 6.07 Å². The number of piperidine rings is 1. The highest BCUT2D eigenvalue weighted by Crippen LogP contribution is 2.46. The number of carbonyl (C=O) groups excluding carboxylic acids is 1. The van der Waals surface area contributed by atoms with Gasteiger partial charge in [-0.2, -0.15) is 35.5 Å². The number of anilines is 1. The van der Waals surface area contributed by atoms with Crippen LogP contribution in [0.3, 0.4) is 0 Å². The molecule has 1 aromatic rings. The normalized spacial score (nSPS) is 23.3. The van der Waals surface area contributed by atoms with Crippen molar-refractivity contribution in [3.05, 3.63) is 29.3 Å². The maximum absolute atomic E-state index is 13.6. The first-order valence-electron chi connectivity index (χ1n) is 11.2.